The number of nitrogens with zero attached hydrogens (tertiary/aromatic N) is 4. The summed E-state index contributed by atoms with van der Waals surface area (Å²) in [6.07, 6.45) is 4.96. The Morgan fingerprint density at radius 2 is 1.76 bits per heavy atom. The van der Waals surface area contributed by atoms with E-state index in [2.05, 4.69) is 9.97 Å². The Kier molecular flexibility index (Phi) is 5.23. The second-order valence-corrected chi connectivity index (χ2v) is 6.03. The molecule has 0 unspecified atom stereocenters. The van der Waals surface area contributed by atoms with Crippen molar-refractivity contribution in [1.82, 2.24) is 19.8 Å². The second kappa shape index (κ2) is 7.57. The molecule has 8 heteroatoms. The predicted molar refractivity (Wildman–Crippen MR) is 89.9 cm³/mol. The maximum absolute atomic E-state index is 14.0. The van der Waals surface area contributed by atoms with E-state index in [0.29, 0.717) is 32.6 Å². The van der Waals surface area contributed by atoms with Crippen LogP contribution in [0.1, 0.15) is 27.3 Å². The number of amides is 2. The van der Waals surface area contributed by atoms with E-state index in [4.69, 9.17) is 11.6 Å². The van der Waals surface area contributed by atoms with E-state index in [0.717, 1.165) is 0 Å². The summed E-state index contributed by atoms with van der Waals surface area (Å²) in [7, 11) is 0. The van der Waals surface area contributed by atoms with Crippen LogP contribution in [0.3, 0.4) is 0 Å². The van der Waals surface area contributed by atoms with Crippen molar-refractivity contribution in [3.05, 3.63) is 58.9 Å². The van der Waals surface area contributed by atoms with E-state index in [9.17, 15) is 14.0 Å². The number of halogens is 2. The Bertz CT molecular complexity index is 767. The predicted octanol–water partition coefficient (Wildman–Crippen LogP) is 2.26. The second-order valence-electron chi connectivity index (χ2n) is 5.63. The number of carbonyl (C=O) groups excluding carboxylic acids is 2. The molecule has 0 aliphatic carbocycles. The van der Waals surface area contributed by atoms with Crippen molar-refractivity contribution in [2.45, 2.75) is 6.42 Å². The molecule has 0 saturated carbocycles. The van der Waals surface area contributed by atoms with Crippen LogP contribution < -0.4 is 0 Å². The van der Waals surface area contributed by atoms with Crippen LogP contribution in [0.2, 0.25) is 5.02 Å². The van der Waals surface area contributed by atoms with Crippen LogP contribution in [0, 0.1) is 5.82 Å². The molecular formula is C17H16ClFN4O2. The number of benzene rings is 1. The van der Waals surface area contributed by atoms with Crippen molar-refractivity contribution in [1.29, 1.82) is 0 Å². The first-order chi connectivity index (χ1) is 12.1. The van der Waals surface area contributed by atoms with Gasteiger partial charge in [-0.2, -0.15) is 0 Å². The topological polar surface area (TPSA) is 66.4 Å². The van der Waals surface area contributed by atoms with Crippen molar-refractivity contribution in [3.8, 4) is 0 Å². The maximum atomic E-state index is 14.0. The van der Waals surface area contributed by atoms with Gasteiger partial charge in [-0.3, -0.25) is 14.6 Å². The van der Waals surface area contributed by atoms with E-state index in [1.54, 1.807) is 4.90 Å². The first-order valence-electron chi connectivity index (χ1n) is 7.86. The monoisotopic (exact) mass is 362 g/mol. The third-order valence-corrected chi connectivity index (χ3v) is 4.34. The fourth-order valence-corrected chi connectivity index (χ4v) is 3.00. The zero-order valence-corrected chi connectivity index (χ0v) is 14.1. The Balaban J connectivity index is 1.71. The zero-order valence-electron chi connectivity index (χ0n) is 13.4. The van der Waals surface area contributed by atoms with Gasteiger partial charge in [0.25, 0.3) is 11.8 Å². The highest BCUT2D eigenvalue weighted by atomic mass is 35.5. The van der Waals surface area contributed by atoms with Gasteiger partial charge in [0.1, 0.15) is 11.5 Å². The van der Waals surface area contributed by atoms with Gasteiger partial charge in [-0.1, -0.05) is 17.7 Å². The molecule has 2 heterocycles. The molecule has 1 saturated heterocycles. The molecule has 1 aromatic heterocycles. The number of hydrogen-bond acceptors (Lipinski definition) is 4. The van der Waals surface area contributed by atoms with Gasteiger partial charge in [0, 0.05) is 38.6 Å². The van der Waals surface area contributed by atoms with Crippen molar-refractivity contribution < 1.29 is 14.0 Å². The lowest BCUT2D eigenvalue weighted by molar-refractivity contribution is 0.0713. The summed E-state index contributed by atoms with van der Waals surface area (Å²) in [5.74, 6) is -1.34. The Hall–Kier alpha value is -2.54. The minimum absolute atomic E-state index is 0.0849. The molecule has 6 nitrogen and oxygen atoms in total. The number of rotatable bonds is 2. The van der Waals surface area contributed by atoms with Crippen molar-refractivity contribution in [3.63, 3.8) is 0 Å². The van der Waals surface area contributed by atoms with Crippen LogP contribution in [0.5, 0.6) is 0 Å². The summed E-state index contributed by atoms with van der Waals surface area (Å²) in [4.78, 5) is 36.1. The Labute approximate surface area is 149 Å². The quantitative estimate of drug-likeness (QED) is 0.822. The molecule has 3 rings (SSSR count). The van der Waals surface area contributed by atoms with Gasteiger partial charge < -0.3 is 9.80 Å². The maximum Gasteiger partial charge on any atom is 0.274 e. The fourth-order valence-electron chi connectivity index (χ4n) is 2.76. The summed E-state index contributed by atoms with van der Waals surface area (Å²) in [5.41, 5.74) is 0.136. The number of aromatic nitrogens is 2. The summed E-state index contributed by atoms with van der Waals surface area (Å²) < 4.78 is 14.0. The van der Waals surface area contributed by atoms with E-state index in [-0.39, 0.29) is 22.2 Å². The molecule has 2 aromatic rings. The average Bonchev–Trinajstić information content (AvgIpc) is 2.88. The first kappa shape index (κ1) is 17.3. The van der Waals surface area contributed by atoms with Gasteiger partial charge in [-0.05, 0) is 18.6 Å². The number of hydrogen-bond donors (Lipinski definition) is 0. The van der Waals surface area contributed by atoms with Gasteiger partial charge in [-0.25, -0.2) is 9.37 Å². The summed E-state index contributed by atoms with van der Waals surface area (Å²) in [6.45, 7) is 1.56. The van der Waals surface area contributed by atoms with Crippen molar-refractivity contribution >= 4 is 23.4 Å². The Morgan fingerprint density at radius 3 is 2.40 bits per heavy atom. The van der Waals surface area contributed by atoms with Crippen molar-refractivity contribution in [2.24, 2.45) is 0 Å². The van der Waals surface area contributed by atoms with E-state index < -0.39 is 11.7 Å². The minimum atomic E-state index is -0.644. The third kappa shape index (κ3) is 3.76. The largest absolute Gasteiger partial charge is 0.337 e. The molecule has 130 valence electrons. The molecule has 0 radical (unpaired) electrons. The molecule has 0 bridgehead atoms. The molecule has 1 fully saturated rings. The van der Waals surface area contributed by atoms with Gasteiger partial charge in [0.05, 0.1) is 16.8 Å². The van der Waals surface area contributed by atoms with E-state index in [1.807, 2.05) is 0 Å². The highest BCUT2D eigenvalue weighted by Gasteiger charge is 2.26. The molecule has 0 atom stereocenters. The fraction of sp³-hybridized carbons (Fsp3) is 0.294. The standard InChI is InChI=1S/C17H16ClFN4O2/c18-12-3-1-4-13(19)15(12)17(25)23-8-2-7-22(9-10-23)16(24)14-11-20-5-6-21-14/h1,3-6,11H,2,7-10H2. The molecule has 1 aliphatic heterocycles. The lowest BCUT2D eigenvalue weighted by Gasteiger charge is -2.22. The minimum Gasteiger partial charge on any atom is -0.337 e. The third-order valence-electron chi connectivity index (χ3n) is 4.03. The molecular weight excluding hydrogens is 347 g/mol. The van der Waals surface area contributed by atoms with Crippen LogP contribution in [0.15, 0.2) is 36.8 Å². The van der Waals surface area contributed by atoms with Crippen LogP contribution in [0.4, 0.5) is 4.39 Å². The summed E-state index contributed by atoms with van der Waals surface area (Å²) >= 11 is 5.98. The molecule has 0 spiro atoms. The molecule has 1 aliphatic rings. The molecule has 25 heavy (non-hydrogen) atoms. The smallest absolute Gasteiger partial charge is 0.274 e. The summed E-state index contributed by atoms with van der Waals surface area (Å²) in [5, 5.41) is 0.0849. The lowest BCUT2D eigenvalue weighted by atomic mass is 10.1. The molecule has 2 amide bonds. The highest BCUT2D eigenvalue weighted by Crippen LogP contribution is 2.21. The van der Waals surface area contributed by atoms with Crippen molar-refractivity contribution in [2.75, 3.05) is 26.2 Å². The first-order valence-corrected chi connectivity index (χ1v) is 8.24. The lowest BCUT2D eigenvalue weighted by Crippen LogP contribution is -2.38. The van der Waals surface area contributed by atoms with Gasteiger partial charge in [0.15, 0.2) is 0 Å². The number of carbonyl (C=O) groups is 2. The van der Waals surface area contributed by atoms with Gasteiger partial charge in [-0.15, -0.1) is 0 Å². The van der Waals surface area contributed by atoms with Crippen LogP contribution >= 0.6 is 11.6 Å². The summed E-state index contributed by atoms with van der Waals surface area (Å²) in [6, 6.07) is 4.15. The van der Waals surface area contributed by atoms with Crippen LogP contribution in [0.25, 0.3) is 0 Å². The van der Waals surface area contributed by atoms with E-state index in [1.165, 1.54) is 41.7 Å². The highest BCUT2D eigenvalue weighted by molar-refractivity contribution is 6.33. The van der Waals surface area contributed by atoms with E-state index >= 15 is 0 Å². The average molecular weight is 363 g/mol. The Morgan fingerprint density at radius 1 is 1.04 bits per heavy atom. The molecule has 1 aromatic carbocycles. The van der Waals surface area contributed by atoms with Gasteiger partial charge >= 0.3 is 0 Å². The van der Waals surface area contributed by atoms with Crippen LogP contribution in [-0.2, 0) is 0 Å². The van der Waals surface area contributed by atoms with Crippen LogP contribution in [-0.4, -0.2) is 57.8 Å². The zero-order chi connectivity index (χ0) is 17.8. The normalized spacial score (nSPS) is 15.0. The molecule has 0 N–H and O–H groups in total. The SMILES string of the molecule is O=C(c1cnccn1)N1CCCN(C(=O)c2c(F)cccc2Cl)CC1. The van der Waals surface area contributed by atoms with Gasteiger partial charge in [0.2, 0.25) is 0 Å².